The first-order valence-corrected chi connectivity index (χ1v) is 14.0. The standard InChI is InChI=1S/C27H43NO6S/c1-18(2)21(14-19-8-9-22(33-6)23(15-19)34-13-7-12-32-5)25(30)28-35(31)17-27-11-10-20(16-24(27)29)26(27,3)4/h8-9,15,18,20-21,24,29H,7,10-14,16-17H2,1-6H3,(H,28,30). The summed E-state index contributed by atoms with van der Waals surface area (Å²) >= 11 is 0. The van der Waals surface area contributed by atoms with Crippen LogP contribution in [0.1, 0.15) is 58.9 Å². The number of fused-ring (bicyclic) bond motifs is 2. The molecule has 198 valence electrons. The van der Waals surface area contributed by atoms with Gasteiger partial charge in [-0.15, -0.1) is 0 Å². The Labute approximate surface area is 212 Å². The Morgan fingerprint density at radius 1 is 1.23 bits per heavy atom. The number of rotatable bonds is 13. The molecular weight excluding hydrogens is 466 g/mol. The first kappa shape index (κ1) is 27.9. The maximum Gasteiger partial charge on any atom is 0.235 e. The van der Waals surface area contributed by atoms with Gasteiger partial charge in [0.15, 0.2) is 11.5 Å². The van der Waals surface area contributed by atoms with Crippen molar-refractivity contribution in [2.45, 2.75) is 65.9 Å². The Balaban J connectivity index is 1.66. The van der Waals surface area contributed by atoms with Crippen LogP contribution < -0.4 is 14.2 Å². The summed E-state index contributed by atoms with van der Waals surface area (Å²) in [6.07, 6.45) is 3.48. The van der Waals surface area contributed by atoms with Crippen molar-refractivity contribution >= 4 is 16.9 Å². The Kier molecular flexibility index (Phi) is 9.27. The van der Waals surface area contributed by atoms with Gasteiger partial charge < -0.3 is 19.3 Å². The second-order valence-corrected chi connectivity index (χ2v) is 12.2. The van der Waals surface area contributed by atoms with Gasteiger partial charge in [-0.05, 0) is 60.6 Å². The lowest BCUT2D eigenvalue weighted by molar-refractivity contribution is -0.124. The fourth-order valence-electron chi connectivity index (χ4n) is 6.07. The van der Waals surface area contributed by atoms with Crippen molar-refractivity contribution in [3.8, 4) is 11.5 Å². The van der Waals surface area contributed by atoms with Gasteiger partial charge in [0.25, 0.3) is 0 Å². The number of benzene rings is 1. The number of ether oxygens (including phenoxy) is 3. The van der Waals surface area contributed by atoms with E-state index in [9.17, 15) is 14.1 Å². The highest BCUT2D eigenvalue weighted by Crippen LogP contribution is 2.65. The molecule has 1 amide bonds. The molecule has 0 saturated heterocycles. The molecule has 0 aliphatic heterocycles. The summed E-state index contributed by atoms with van der Waals surface area (Å²) in [7, 11) is 1.71. The van der Waals surface area contributed by atoms with Crippen LogP contribution in [-0.4, -0.2) is 54.5 Å². The third-order valence-corrected chi connectivity index (χ3v) is 9.77. The predicted molar refractivity (Wildman–Crippen MR) is 138 cm³/mol. The maximum absolute atomic E-state index is 13.2. The van der Waals surface area contributed by atoms with Crippen LogP contribution >= 0.6 is 0 Å². The number of carbonyl (C=O) groups excluding carboxylic acids is 1. The van der Waals surface area contributed by atoms with Crippen LogP contribution in [0.3, 0.4) is 0 Å². The Bertz CT molecular complexity index is 904. The minimum atomic E-state index is -1.55. The van der Waals surface area contributed by atoms with Gasteiger partial charge in [0, 0.05) is 31.5 Å². The summed E-state index contributed by atoms with van der Waals surface area (Å²) < 4.78 is 32.3. The summed E-state index contributed by atoms with van der Waals surface area (Å²) in [5.74, 6) is 1.54. The zero-order chi connectivity index (χ0) is 25.8. The predicted octanol–water partition coefficient (Wildman–Crippen LogP) is 3.89. The molecule has 2 bridgehead atoms. The maximum atomic E-state index is 13.2. The van der Waals surface area contributed by atoms with Crippen molar-refractivity contribution in [1.82, 2.24) is 4.72 Å². The minimum Gasteiger partial charge on any atom is -0.493 e. The average molecular weight is 510 g/mol. The summed E-state index contributed by atoms with van der Waals surface area (Å²) in [6, 6.07) is 5.71. The highest BCUT2D eigenvalue weighted by atomic mass is 32.2. The van der Waals surface area contributed by atoms with Gasteiger partial charge in [0.2, 0.25) is 5.91 Å². The lowest BCUT2D eigenvalue weighted by Gasteiger charge is -2.40. The molecule has 1 aromatic carbocycles. The van der Waals surface area contributed by atoms with E-state index >= 15 is 0 Å². The van der Waals surface area contributed by atoms with Gasteiger partial charge in [-0.1, -0.05) is 33.8 Å². The van der Waals surface area contributed by atoms with Crippen LogP contribution in [0.2, 0.25) is 0 Å². The number of aliphatic hydroxyl groups is 1. The van der Waals surface area contributed by atoms with Gasteiger partial charge in [-0.2, -0.15) is 0 Å². The molecule has 0 heterocycles. The number of methoxy groups -OCH3 is 2. The summed E-state index contributed by atoms with van der Waals surface area (Å²) in [6.45, 7) is 9.48. The van der Waals surface area contributed by atoms with Crippen molar-refractivity contribution < 1.29 is 28.3 Å². The molecule has 2 N–H and O–H groups in total. The first-order chi connectivity index (χ1) is 16.6. The fourth-order valence-corrected chi connectivity index (χ4v) is 7.69. The molecule has 2 fully saturated rings. The summed E-state index contributed by atoms with van der Waals surface area (Å²) in [4.78, 5) is 13.2. The average Bonchev–Trinajstić information content (AvgIpc) is 3.14. The van der Waals surface area contributed by atoms with Crippen molar-refractivity contribution in [1.29, 1.82) is 0 Å². The Morgan fingerprint density at radius 2 is 1.97 bits per heavy atom. The molecule has 2 aliphatic carbocycles. The minimum absolute atomic E-state index is 0.0581. The number of carbonyl (C=O) groups is 1. The van der Waals surface area contributed by atoms with E-state index in [2.05, 4.69) is 18.6 Å². The highest BCUT2D eigenvalue weighted by Gasteiger charge is 2.64. The van der Waals surface area contributed by atoms with Crippen molar-refractivity contribution in [3.05, 3.63) is 23.8 Å². The normalized spacial score (nSPS) is 26.5. The molecule has 7 nitrogen and oxygen atoms in total. The van der Waals surface area contributed by atoms with Crippen LogP contribution in [0, 0.1) is 28.6 Å². The zero-order valence-electron chi connectivity index (χ0n) is 22.1. The van der Waals surface area contributed by atoms with Gasteiger partial charge in [-0.25, -0.2) is 4.21 Å². The van der Waals surface area contributed by atoms with Crippen LogP contribution in [0.5, 0.6) is 11.5 Å². The molecule has 8 heteroatoms. The smallest absolute Gasteiger partial charge is 0.235 e. The third-order valence-electron chi connectivity index (χ3n) is 8.57. The second-order valence-electron chi connectivity index (χ2n) is 11.1. The summed E-state index contributed by atoms with van der Waals surface area (Å²) in [5, 5.41) is 10.8. The van der Waals surface area contributed by atoms with Gasteiger partial charge in [0.1, 0.15) is 11.0 Å². The SMILES string of the molecule is COCCCOc1cc(CC(C(=O)NS(=O)CC23CCC(CC2O)C3(C)C)C(C)C)ccc1OC. The molecule has 0 radical (unpaired) electrons. The van der Waals surface area contributed by atoms with Gasteiger partial charge in [-0.3, -0.25) is 9.52 Å². The third kappa shape index (κ3) is 5.86. The van der Waals surface area contributed by atoms with Gasteiger partial charge >= 0.3 is 0 Å². The molecule has 5 unspecified atom stereocenters. The molecule has 0 spiro atoms. The van der Waals surface area contributed by atoms with E-state index in [-0.39, 0.29) is 23.2 Å². The van der Waals surface area contributed by atoms with E-state index in [0.29, 0.717) is 42.8 Å². The van der Waals surface area contributed by atoms with E-state index in [1.54, 1.807) is 14.2 Å². The molecule has 3 rings (SSSR count). The lowest BCUT2D eigenvalue weighted by Crippen LogP contribution is -2.47. The van der Waals surface area contributed by atoms with Crippen LogP contribution in [0.15, 0.2) is 18.2 Å². The van der Waals surface area contributed by atoms with E-state index in [4.69, 9.17) is 14.2 Å². The first-order valence-electron chi connectivity index (χ1n) is 12.7. The lowest BCUT2D eigenvalue weighted by atomic mass is 9.70. The second kappa shape index (κ2) is 11.6. The molecule has 2 saturated carbocycles. The van der Waals surface area contributed by atoms with Crippen molar-refractivity contribution in [2.24, 2.45) is 28.6 Å². The molecule has 2 aliphatic rings. The van der Waals surface area contributed by atoms with Crippen LogP contribution in [0.25, 0.3) is 0 Å². The largest absolute Gasteiger partial charge is 0.493 e. The summed E-state index contributed by atoms with van der Waals surface area (Å²) in [5.41, 5.74) is 0.484. The van der Waals surface area contributed by atoms with E-state index < -0.39 is 22.5 Å². The molecule has 5 atom stereocenters. The van der Waals surface area contributed by atoms with Crippen LogP contribution in [0.4, 0.5) is 0 Å². The fraction of sp³-hybridized carbons (Fsp3) is 0.741. The number of hydrogen-bond acceptors (Lipinski definition) is 6. The van der Waals surface area contributed by atoms with Crippen LogP contribution in [-0.2, 0) is 26.9 Å². The van der Waals surface area contributed by atoms with Crippen molar-refractivity contribution in [2.75, 3.05) is 33.2 Å². The van der Waals surface area contributed by atoms with Crippen molar-refractivity contribution in [3.63, 3.8) is 0 Å². The van der Waals surface area contributed by atoms with E-state index in [1.165, 1.54) is 0 Å². The highest BCUT2D eigenvalue weighted by molar-refractivity contribution is 7.83. The number of hydrogen-bond donors (Lipinski definition) is 2. The molecule has 1 aromatic rings. The Hall–Kier alpha value is -1.64. The van der Waals surface area contributed by atoms with E-state index in [0.717, 1.165) is 31.2 Å². The quantitative estimate of drug-likeness (QED) is 0.392. The topological polar surface area (TPSA) is 94.1 Å². The number of nitrogens with one attached hydrogen (secondary N) is 1. The zero-order valence-corrected chi connectivity index (χ0v) is 22.9. The van der Waals surface area contributed by atoms with Gasteiger partial charge in [0.05, 0.1) is 25.6 Å². The molecule has 0 aromatic heterocycles. The molecular formula is C27H43NO6S. The molecule has 35 heavy (non-hydrogen) atoms. The monoisotopic (exact) mass is 509 g/mol. The van der Waals surface area contributed by atoms with E-state index in [1.807, 2.05) is 32.0 Å². The Morgan fingerprint density at radius 3 is 2.54 bits per heavy atom. The number of amides is 1. The number of aliphatic hydroxyl groups excluding tert-OH is 1.